The molecule has 4 rings (SSSR count). The van der Waals surface area contributed by atoms with E-state index in [1.54, 1.807) is 11.5 Å². The molecule has 2 heterocycles. The van der Waals surface area contributed by atoms with E-state index in [2.05, 4.69) is 43.3 Å². The van der Waals surface area contributed by atoms with Crippen molar-refractivity contribution in [1.29, 1.82) is 0 Å². The van der Waals surface area contributed by atoms with Gasteiger partial charge in [0.1, 0.15) is 28.5 Å². The van der Waals surface area contributed by atoms with Crippen LogP contribution in [0.15, 0.2) is 51.7 Å². The van der Waals surface area contributed by atoms with Crippen LogP contribution in [0.25, 0.3) is 0 Å². The van der Waals surface area contributed by atoms with Gasteiger partial charge in [0.2, 0.25) is 5.88 Å². The van der Waals surface area contributed by atoms with Crippen LogP contribution in [0.3, 0.4) is 0 Å². The minimum Gasteiger partial charge on any atom is -0.472 e. The van der Waals surface area contributed by atoms with Crippen LogP contribution in [0.2, 0.25) is 0 Å². The van der Waals surface area contributed by atoms with Crippen molar-refractivity contribution in [2.75, 3.05) is 26.2 Å². The first-order chi connectivity index (χ1) is 15.9. The van der Waals surface area contributed by atoms with Crippen molar-refractivity contribution in [3.8, 4) is 5.88 Å². The molecule has 1 saturated heterocycles. The van der Waals surface area contributed by atoms with E-state index in [1.165, 1.54) is 11.6 Å². The number of halogens is 3. The highest BCUT2D eigenvalue weighted by molar-refractivity contribution is 9.10. The van der Waals surface area contributed by atoms with Gasteiger partial charge in [-0.15, -0.1) is 0 Å². The molecule has 1 fully saturated rings. The monoisotopic (exact) mass is 518 g/mol. The first-order valence-electron chi connectivity index (χ1n) is 10.8. The summed E-state index contributed by atoms with van der Waals surface area (Å²) in [4.78, 5) is 19.8. The second-order valence-corrected chi connectivity index (χ2v) is 8.83. The second-order valence-electron chi connectivity index (χ2n) is 8.04. The maximum Gasteiger partial charge on any atom is 0.272 e. The van der Waals surface area contributed by atoms with Gasteiger partial charge in [-0.25, -0.2) is 8.78 Å². The van der Waals surface area contributed by atoms with Gasteiger partial charge in [0.15, 0.2) is 0 Å². The maximum atomic E-state index is 13.9. The van der Waals surface area contributed by atoms with Gasteiger partial charge in [0, 0.05) is 44.4 Å². The fourth-order valence-electron chi connectivity index (χ4n) is 3.82. The molecule has 1 aliphatic rings. The molecule has 9 heteroatoms. The van der Waals surface area contributed by atoms with E-state index in [0.29, 0.717) is 12.4 Å². The van der Waals surface area contributed by atoms with Gasteiger partial charge in [0.05, 0.1) is 6.54 Å². The lowest BCUT2D eigenvalue weighted by molar-refractivity contribution is 0.233. The van der Waals surface area contributed by atoms with E-state index in [-0.39, 0.29) is 28.1 Å². The molecule has 1 aliphatic heterocycles. The molecule has 33 heavy (non-hydrogen) atoms. The van der Waals surface area contributed by atoms with Crippen LogP contribution in [0.4, 0.5) is 8.78 Å². The van der Waals surface area contributed by atoms with Gasteiger partial charge in [-0.05, 0) is 46.1 Å². The molecule has 0 saturated carbocycles. The third-order valence-corrected chi connectivity index (χ3v) is 6.28. The predicted molar refractivity (Wildman–Crippen MR) is 125 cm³/mol. The highest BCUT2D eigenvalue weighted by atomic mass is 79.9. The molecule has 0 amide bonds. The van der Waals surface area contributed by atoms with Crippen LogP contribution in [-0.4, -0.2) is 40.6 Å². The molecule has 0 unspecified atom stereocenters. The van der Waals surface area contributed by atoms with Crippen molar-refractivity contribution in [3.05, 3.63) is 91.4 Å². The summed E-state index contributed by atoms with van der Waals surface area (Å²) >= 11 is 3.28. The van der Waals surface area contributed by atoms with Gasteiger partial charge < -0.3 is 10.1 Å². The van der Waals surface area contributed by atoms with E-state index >= 15 is 0 Å². The molecule has 0 bridgehead atoms. The number of nitrogens with one attached hydrogen (secondary N) is 1. The summed E-state index contributed by atoms with van der Waals surface area (Å²) in [5.74, 6) is -0.821. The van der Waals surface area contributed by atoms with Crippen LogP contribution >= 0.6 is 15.9 Å². The van der Waals surface area contributed by atoms with Crippen molar-refractivity contribution >= 4 is 15.9 Å². The number of rotatable bonds is 7. The Bertz CT molecular complexity index is 1200. The highest BCUT2D eigenvalue weighted by Crippen LogP contribution is 2.21. The zero-order chi connectivity index (χ0) is 23.4. The van der Waals surface area contributed by atoms with E-state index in [0.717, 1.165) is 50.4 Å². The average Bonchev–Trinajstić information content (AvgIpc) is 2.80. The quantitative estimate of drug-likeness (QED) is 0.517. The molecule has 6 nitrogen and oxygen atoms in total. The fraction of sp³-hybridized carbons (Fsp3) is 0.333. The zero-order valence-electron chi connectivity index (χ0n) is 18.3. The number of aromatic nitrogens is 2. The Kier molecular flexibility index (Phi) is 7.52. The number of aryl methyl sites for hydroxylation is 1. The van der Waals surface area contributed by atoms with Crippen LogP contribution < -0.4 is 15.6 Å². The molecule has 1 N–H and O–H groups in total. The number of benzene rings is 2. The zero-order valence-corrected chi connectivity index (χ0v) is 19.9. The van der Waals surface area contributed by atoms with Gasteiger partial charge in [0.25, 0.3) is 5.56 Å². The molecule has 0 atom stereocenters. The summed E-state index contributed by atoms with van der Waals surface area (Å²) in [7, 11) is 0. The molecule has 0 radical (unpaired) electrons. The van der Waals surface area contributed by atoms with Gasteiger partial charge in [-0.1, -0.05) is 24.3 Å². The van der Waals surface area contributed by atoms with E-state index in [4.69, 9.17) is 4.74 Å². The van der Waals surface area contributed by atoms with Crippen LogP contribution in [-0.2, 0) is 19.7 Å². The van der Waals surface area contributed by atoms with Crippen molar-refractivity contribution in [2.24, 2.45) is 0 Å². The standard InChI is InChI=1S/C24H25BrF2N4O2/c1-16-29-23(33-15-19-5-6-20(26)12-21(19)27)22(25)24(32)31(16)14-18-4-2-3-17(11-18)13-30-9-7-28-8-10-30/h2-6,11-12,28H,7-10,13-15H2,1H3. The summed E-state index contributed by atoms with van der Waals surface area (Å²) in [6.45, 7) is 6.83. The third-order valence-electron chi connectivity index (χ3n) is 5.60. The molecular weight excluding hydrogens is 494 g/mol. The maximum absolute atomic E-state index is 13.9. The van der Waals surface area contributed by atoms with Gasteiger partial charge in [-0.2, -0.15) is 4.98 Å². The molecular formula is C24H25BrF2N4O2. The molecule has 0 spiro atoms. The van der Waals surface area contributed by atoms with Gasteiger partial charge in [-0.3, -0.25) is 14.3 Å². The Balaban J connectivity index is 1.49. The van der Waals surface area contributed by atoms with Crippen molar-refractivity contribution in [1.82, 2.24) is 19.8 Å². The second kappa shape index (κ2) is 10.5. The topological polar surface area (TPSA) is 59.4 Å². The SMILES string of the molecule is Cc1nc(OCc2ccc(F)cc2F)c(Br)c(=O)n1Cc1cccc(CN2CCNCC2)c1. The molecule has 1 aromatic heterocycles. The minimum atomic E-state index is -0.711. The average molecular weight is 519 g/mol. The van der Waals surface area contributed by atoms with Crippen molar-refractivity contribution in [3.63, 3.8) is 0 Å². The molecule has 174 valence electrons. The minimum absolute atomic E-state index is 0.0740. The number of hydrogen-bond donors (Lipinski definition) is 1. The Morgan fingerprint density at radius 1 is 1.09 bits per heavy atom. The first kappa shape index (κ1) is 23.5. The first-order valence-corrected chi connectivity index (χ1v) is 11.5. The van der Waals surface area contributed by atoms with Gasteiger partial charge >= 0.3 is 0 Å². The molecule has 2 aromatic carbocycles. The van der Waals surface area contributed by atoms with Crippen LogP contribution in [0.1, 0.15) is 22.5 Å². The largest absolute Gasteiger partial charge is 0.472 e. The fourth-order valence-corrected chi connectivity index (χ4v) is 4.23. The Hall–Kier alpha value is -2.62. The van der Waals surface area contributed by atoms with E-state index in [9.17, 15) is 13.6 Å². The number of piperazine rings is 1. The van der Waals surface area contributed by atoms with Crippen LogP contribution in [0.5, 0.6) is 5.88 Å². The van der Waals surface area contributed by atoms with Crippen molar-refractivity contribution < 1.29 is 13.5 Å². The summed E-state index contributed by atoms with van der Waals surface area (Å²) < 4.78 is 34.3. The normalized spacial score (nSPS) is 14.4. The van der Waals surface area contributed by atoms with Crippen molar-refractivity contribution in [2.45, 2.75) is 26.6 Å². The number of nitrogens with zero attached hydrogens (tertiary/aromatic N) is 3. The summed E-state index contributed by atoms with van der Waals surface area (Å²) in [5, 5.41) is 3.36. The lowest BCUT2D eigenvalue weighted by Gasteiger charge is -2.27. The van der Waals surface area contributed by atoms with E-state index < -0.39 is 11.6 Å². The lowest BCUT2D eigenvalue weighted by Crippen LogP contribution is -2.42. The summed E-state index contributed by atoms with van der Waals surface area (Å²) in [5.41, 5.74) is 2.09. The Morgan fingerprint density at radius 2 is 1.82 bits per heavy atom. The lowest BCUT2D eigenvalue weighted by atomic mass is 10.1. The Morgan fingerprint density at radius 3 is 2.55 bits per heavy atom. The summed E-state index contributed by atoms with van der Waals surface area (Å²) in [6, 6.07) is 11.5. The Labute approximate surface area is 199 Å². The van der Waals surface area contributed by atoms with Crippen LogP contribution in [0, 0.1) is 18.6 Å². The number of hydrogen-bond acceptors (Lipinski definition) is 5. The predicted octanol–water partition coefficient (Wildman–Crippen LogP) is 3.62. The molecule has 3 aromatic rings. The molecule has 0 aliphatic carbocycles. The number of ether oxygens (including phenoxy) is 1. The third kappa shape index (κ3) is 5.85. The highest BCUT2D eigenvalue weighted by Gasteiger charge is 2.16. The smallest absolute Gasteiger partial charge is 0.272 e. The van der Waals surface area contributed by atoms with E-state index in [1.807, 2.05) is 12.1 Å². The summed E-state index contributed by atoms with van der Waals surface area (Å²) in [6.07, 6.45) is 0.